The third-order valence-electron chi connectivity index (χ3n) is 7.32. The maximum absolute atomic E-state index is 6.56. The molecule has 2 unspecified atom stereocenters. The van der Waals surface area contributed by atoms with Gasteiger partial charge in [-0.05, 0) is 61.5 Å². The summed E-state index contributed by atoms with van der Waals surface area (Å²) in [5.41, 5.74) is 2.20. The zero-order valence-corrected chi connectivity index (χ0v) is 19.2. The minimum absolute atomic E-state index is 0.111. The number of nitrogens with zero attached hydrogens (tertiary/aromatic N) is 1. The molecule has 170 valence electrons. The summed E-state index contributed by atoms with van der Waals surface area (Å²) in [6.45, 7) is 1.54. The van der Waals surface area contributed by atoms with Crippen LogP contribution in [0.4, 0.5) is 0 Å². The predicted octanol–water partition coefficient (Wildman–Crippen LogP) is 4.10. The molecule has 1 aliphatic carbocycles. The molecule has 3 aliphatic rings. The first-order valence-electron chi connectivity index (χ1n) is 11.1. The number of fused-ring (bicyclic) bond motifs is 1. The second-order valence-corrected chi connectivity index (χ2v) is 8.90. The van der Waals surface area contributed by atoms with Gasteiger partial charge in [-0.15, -0.1) is 0 Å². The van der Waals surface area contributed by atoms with E-state index in [1.165, 1.54) is 5.56 Å². The number of likely N-dealkylation sites (N-methyl/N-ethyl adjacent to an activating group) is 1. The molecule has 0 amide bonds. The van der Waals surface area contributed by atoms with E-state index in [-0.39, 0.29) is 17.6 Å². The summed E-state index contributed by atoms with van der Waals surface area (Å²) >= 11 is 0. The number of benzene rings is 2. The molecule has 2 aromatic rings. The van der Waals surface area contributed by atoms with Crippen molar-refractivity contribution in [1.29, 1.82) is 0 Å². The second kappa shape index (κ2) is 8.10. The van der Waals surface area contributed by atoms with E-state index in [1.54, 1.807) is 21.3 Å². The largest absolute Gasteiger partial charge is 0.497 e. The van der Waals surface area contributed by atoms with Gasteiger partial charge >= 0.3 is 0 Å². The van der Waals surface area contributed by atoms with Crippen LogP contribution in [0.1, 0.15) is 30.1 Å². The number of methoxy groups -OCH3 is 3. The summed E-state index contributed by atoms with van der Waals surface area (Å²) < 4.78 is 29.3. The van der Waals surface area contributed by atoms with Gasteiger partial charge in [0.2, 0.25) is 0 Å². The van der Waals surface area contributed by atoms with Gasteiger partial charge in [-0.1, -0.05) is 24.3 Å². The van der Waals surface area contributed by atoms with E-state index < -0.39 is 5.79 Å². The Morgan fingerprint density at radius 3 is 2.59 bits per heavy atom. The number of hydrogen-bond acceptors (Lipinski definition) is 6. The molecule has 0 N–H and O–H groups in total. The topological polar surface area (TPSA) is 49.4 Å². The molecule has 1 spiro atoms. The summed E-state index contributed by atoms with van der Waals surface area (Å²) in [5, 5.41) is 0. The first-order valence-corrected chi connectivity index (χ1v) is 11.1. The number of ether oxygens (including phenoxy) is 5. The molecule has 0 bridgehead atoms. The smallest absolute Gasteiger partial charge is 0.190 e. The molecule has 2 aromatic carbocycles. The van der Waals surface area contributed by atoms with Crippen LogP contribution in [0, 0.1) is 0 Å². The highest BCUT2D eigenvalue weighted by Crippen LogP contribution is 2.52. The Balaban J connectivity index is 1.46. The lowest BCUT2D eigenvalue weighted by Crippen LogP contribution is -2.49. The standard InChI is InChI=1S/C26H31NO5/c1-27-13-12-25(19-8-9-21(29-3)22(15-19)30-4)10-11-26(16-24(25)27)31-17-23(32-26)18-6-5-7-20(14-18)28-2/h5-11,14-15,23-24H,12-13,16-17H2,1-4H3/t23?,24-,25-,26?/m0/s1. The third-order valence-corrected chi connectivity index (χ3v) is 7.32. The number of rotatable bonds is 5. The molecule has 2 heterocycles. The van der Waals surface area contributed by atoms with Gasteiger partial charge in [-0.25, -0.2) is 0 Å². The number of likely N-dealkylation sites (tertiary alicyclic amines) is 1. The normalized spacial score (nSPS) is 31.6. The average Bonchev–Trinajstić information content (AvgIpc) is 3.41. The van der Waals surface area contributed by atoms with Gasteiger partial charge in [0.05, 0.1) is 27.9 Å². The van der Waals surface area contributed by atoms with E-state index in [4.69, 9.17) is 23.7 Å². The molecular formula is C26H31NO5. The Bertz CT molecular complexity index is 1020. The van der Waals surface area contributed by atoms with E-state index in [1.807, 2.05) is 24.3 Å². The maximum Gasteiger partial charge on any atom is 0.190 e. The van der Waals surface area contributed by atoms with Gasteiger partial charge in [0.1, 0.15) is 11.9 Å². The fourth-order valence-corrected chi connectivity index (χ4v) is 5.51. The summed E-state index contributed by atoms with van der Waals surface area (Å²) in [7, 11) is 7.22. The van der Waals surface area contributed by atoms with Crippen LogP contribution in [0.15, 0.2) is 54.6 Å². The van der Waals surface area contributed by atoms with E-state index in [0.717, 1.165) is 42.2 Å². The van der Waals surface area contributed by atoms with Crippen LogP contribution < -0.4 is 14.2 Å². The lowest BCUT2D eigenvalue weighted by atomic mass is 9.68. The molecule has 5 rings (SSSR count). The van der Waals surface area contributed by atoms with Crippen molar-refractivity contribution in [3.05, 3.63) is 65.7 Å². The molecule has 32 heavy (non-hydrogen) atoms. The highest BCUT2D eigenvalue weighted by atomic mass is 16.7. The van der Waals surface area contributed by atoms with Gasteiger partial charge in [-0.2, -0.15) is 0 Å². The van der Waals surface area contributed by atoms with Crippen molar-refractivity contribution < 1.29 is 23.7 Å². The van der Waals surface area contributed by atoms with Crippen molar-refractivity contribution in [2.45, 2.75) is 36.2 Å². The Morgan fingerprint density at radius 2 is 1.81 bits per heavy atom. The molecule has 0 saturated carbocycles. The Labute approximate surface area is 189 Å². The van der Waals surface area contributed by atoms with Gasteiger partial charge in [-0.3, -0.25) is 0 Å². The molecule has 0 radical (unpaired) electrons. The minimum atomic E-state index is -0.711. The molecule has 2 aliphatic heterocycles. The predicted molar refractivity (Wildman–Crippen MR) is 122 cm³/mol. The quantitative estimate of drug-likeness (QED) is 0.657. The van der Waals surface area contributed by atoms with Crippen LogP contribution in [0.25, 0.3) is 0 Å². The van der Waals surface area contributed by atoms with Crippen LogP contribution >= 0.6 is 0 Å². The fourth-order valence-electron chi connectivity index (χ4n) is 5.51. The van der Waals surface area contributed by atoms with Crippen LogP contribution in [-0.4, -0.2) is 58.3 Å². The van der Waals surface area contributed by atoms with Crippen molar-refractivity contribution in [1.82, 2.24) is 4.90 Å². The van der Waals surface area contributed by atoms with Crippen molar-refractivity contribution in [2.24, 2.45) is 0 Å². The van der Waals surface area contributed by atoms with Crippen molar-refractivity contribution in [2.75, 3.05) is 41.5 Å². The van der Waals surface area contributed by atoms with E-state index in [0.29, 0.717) is 6.61 Å². The van der Waals surface area contributed by atoms with Crippen LogP contribution in [0.2, 0.25) is 0 Å². The monoisotopic (exact) mass is 437 g/mol. The molecule has 4 atom stereocenters. The highest BCUT2D eigenvalue weighted by Gasteiger charge is 2.55. The molecule has 0 aromatic heterocycles. The first-order chi connectivity index (χ1) is 15.5. The van der Waals surface area contributed by atoms with Gasteiger partial charge in [0.25, 0.3) is 0 Å². The van der Waals surface area contributed by atoms with E-state index in [9.17, 15) is 0 Å². The van der Waals surface area contributed by atoms with Crippen LogP contribution in [0.3, 0.4) is 0 Å². The zero-order valence-electron chi connectivity index (χ0n) is 19.2. The second-order valence-electron chi connectivity index (χ2n) is 8.90. The van der Waals surface area contributed by atoms with Gasteiger partial charge in [0.15, 0.2) is 17.3 Å². The summed E-state index contributed by atoms with van der Waals surface area (Å²) in [6.07, 6.45) is 6.14. The maximum atomic E-state index is 6.56. The third kappa shape index (κ3) is 3.38. The molecule has 6 nitrogen and oxygen atoms in total. The lowest BCUT2D eigenvalue weighted by Gasteiger charge is -2.43. The van der Waals surface area contributed by atoms with Crippen molar-refractivity contribution >= 4 is 0 Å². The highest BCUT2D eigenvalue weighted by molar-refractivity contribution is 5.49. The zero-order chi connectivity index (χ0) is 22.3. The summed E-state index contributed by atoms with van der Waals surface area (Å²) in [4.78, 5) is 2.42. The van der Waals surface area contributed by atoms with Gasteiger partial charge < -0.3 is 28.6 Å². The van der Waals surface area contributed by atoms with Crippen LogP contribution in [-0.2, 0) is 14.9 Å². The SMILES string of the molecule is COc1cccc(C2COC3(C=C[C@@]4(c5ccc(OC)c(OC)c5)CCN(C)[C@H]4C3)O2)c1. The molecule has 2 saturated heterocycles. The van der Waals surface area contributed by atoms with Gasteiger partial charge in [0, 0.05) is 17.9 Å². The molecular weight excluding hydrogens is 406 g/mol. The van der Waals surface area contributed by atoms with Crippen LogP contribution in [0.5, 0.6) is 17.2 Å². The summed E-state index contributed by atoms with van der Waals surface area (Å²) in [5.74, 6) is 1.62. The van der Waals surface area contributed by atoms with E-state index >= 15 is 0 Å². The Hall–Kier alpha value is -2.54. The summed E-state index contributed by atoms with van der Waals surface area (Å²) in [6, 6.07) is 14.6. The fraction of sp³-hybridized carbons (Fsp3) is 0.462. The first kappa shape index (κ1) is 21.3. The molecule has 6 heteroatoms. The lowest BCUT2D eigenvalue weighted by molar-refractivity contribution is -0.150. The number of hydrogen-bond donors (Lipinski definition) is 0. The van der Waals surface area contributed by atoms with Crippen molar-refractivity contribution in [3.8, 4) is 17.2 Å². The average molecular weight is 438 g/mol. The minimum Gasteiger partial charge on any atom is -0.497 e. The van der Waals surface area contributed by atoms with Crippen molar-refractivity contribution in [3.63, 3.8) is 0 Å². The Morgan fingerprint density at radius 1 is 0.969 bits per heavy atom. The Kier molecular flexibility index (Phi) is 5.40. The molecule has 2 fully saturated rings. The van der Waals surface area contributed by atoms with E-state index in [2.05, 4.69) is 42.3 Å².